The quantitative estimate of drug-likeness (QED) is 0.484. The van der Waals surface area contributed by atoms with Crippen LogP contribution in [0.25, 0.3) is 16.3 Å². The van der Waals surface area contributed by atoms with E-state index in [4.69, 9.17) is 4.74 Å². The average Bonchev–Trinajstić information content (AvgIpc) is 3.35. The Kier molecular flexibility index (Phi) is 6.22. The number of para-hydroxylation sites is 1. The number of nitrogens with one attached hydrogen (secondary N) is 2. The lowest BCUT2D eigenvalue weighted by molar-refractivity contribution is 0.0511. The summed E-state index contributed by atoms with van der Waals surface area (Å²) < 4.78 is 6.98. The predicted molar refractivity (Wildman–Crippen MR) is 104 cm³/mol. The second-order valence-electron chi connectivity index (χ2n) is 5.57. The van der Waals surface area contributed by atoms with Gasteiger partial charge < -0.3 is 15.4 Å². The number of esters is 1. The van der Waals surface area contributed by atoms with E-state index in [0.717, 1.165) is 10.6 Å². The van der Waals surface area contributed by atoms with Crippen molar-refractivity contribution >= 4 is 23.3 Å². The molecule has 0 aliphatic rings. The number of carbonyl (C=O) groups excluding carboxylic acids is 2. The normalized spacial score (nSPS) is 10.4. The molecule has 3 rings (SSSR count). The summed E-state index contributed by atoms with van der Waals surface area (Å²) in [6, 6.07) is 13.1. The van der Waals surface area contributed by atoms with Crippen LogP contribution in [0.3, 0.4) is 0 Å². The molecule has 0 spiro atoms. The van der Waals surface area contributed by atoms with Crippen LogP contribution in [0, 0.1) is 0 Å². The van der Waals surface area contributed by atoms with E-state index in [1.54, 1.807) is 10.9 Å². The van der Waals surface area contributed by atoms with Crippen molar-refractivity contribution in [2.24, 2.45) is 0 Å². The second-order valence-corrected chi connectivity index (χ2v) is 6.52. The van der Waals surface area contributed by atoms with E-state index in [1.807, 2.05) is 54.8 Å². The van der Waals surface area contributed by atoms with Crippen molar-refractivity contribution in [3.63, 3.8) is 0 Å². The van der Waals surface area contributed by atoms with E-state index in [2.05, 4.69) is 15.7 Å². The Bertz CT molecular complexity index is 891. The smallest absolute Gasteiger partial charge is 0.342 e. The first-order valence-corrected chi connectivity index (χ1v) is 9.44. The minimum Gasteiger partial charge on any atom is -0.460 e. The minimum absolute atomic E-state index is 0.0797. The molecule has 0 aliphatic carbocycles. The monoisotopic (exact) mass is 384 g/mol. The van der Waals surface area contributed by atoms with E-state index < -0.39 is 5.97 Å². The standard InChI is InChI=1S/C19H20N4O3S/c1-2-20-19(25)21-10-11-26-18(24)15-13-23(14-7-4-3-5-8-14)22-17(15)16-9-6-12-27-16/h3-9,12-13H,2,10-11H2,1H3,(H2,20,21,25). The number of amides is 2. The molecule has 7 nitrogen and oxygen atoms in total. The van der Waals surface area contributed by atoms with Gasteiger partial charge in [-0.2, -0.15) is 5.10 Å². The van der Waals surface area contributed by atoms with Crippen molar-refractivity contribution < 1.29 is 14.3 Å². The molecular weight excluding hydrogens is 364 g/mol. The van der Waals surface area contributed by atoms with E-state index >= 15 is 0 Å². The minimum atomic E-state index is -0.474. The van der Waals surface area contributed by atoms with Gasteiger partial charge in [-0.15, -0.1) is 11.3 Å². The third kappa shape index (κ3) is 4.73. The van der Waals surface area contributed by atoms with Gasteiger partial charge in [0.1, 0.15) is 17.9 Å². The lowest BCUT2D eigenvalue weighted by Gasteiger charge is -2.06. The molecule has 2 N–H and O–H groups in total. The van der Waals surface area contributed by atoms with Gasteiger partial charge in [0.05, 0.1) is 17.1 Å². The molecule has 2 heterocycles. The van der Waals surface area contributed by atoms with E-state index in [0.29, 0.717) is 17.8 Å². The van der Waals surface area contributed by atoms with Gasteiger partial charge in [0, 0.05) is 12.7 Å². The molecule has 0 atom stereocenters. The zero-order valence-corrected chi connectivity index (χ0v) is 15.7. The molecule has 27 heavy (non-hydrogen) atoms. The first kappa shape index (κ1) is 18.7. The molecule has 1 aromatic carbocycles. The lowest BCUT2D eigenvalue weighted by Crippen LogP contribution is -2.37. The molecule has 8 heteroatoms. The fraction of sp³-hybridized carbons (Fsp3) is 0.211. The van der Waals surface area contributed by atoms with Gasteiger partial charge in [-0.1, -0.05) is 24.3 Å². The zero-order valence-electron chi connectivity index (χ0n) is 14.8. The number of carbonyl (C=O) groups is 2. The van der Waals surface area contributed by atoms with Gasteiger partial charge in [-0.05, 0) is 30.5 Å². The number of aromatic nitrogens is 2. The van der Waals surface area contributed by atoms with Crippen LogP contribution >= 0.6 is 11.3 Å². The average molecular weight is 384 g/mol. The summed E-state index contributed by atoms with van der Waals surface area (Å²) in [5.41, 5.74) is 1.82. The summed E-state index contributed by atoms with van der Waals surface area (Å²) in [7, 11) is 0. The van der Waals surface area contributed by atoms with Gasteiger partial charge in [0.2, 0.25) is 0 Å². The van der Waals surface area contributed by atoms with Crippen LogP contribution < -0.4 is 10.6 Å². The highest BCUT2D eigenvalue weighted by Gasteiger charge is 2.20. The summed E-state index contributed by atoms with van der Waals surface area (Å²) in [5, 5.41) is 11.7. The third-order valence-corrected chi connectivity index (χ3v) is 4.54. The molecule has 2 amide bonds. The number of ether oxygens (including phenoxy) is 1. The molecule has 0 unspecified atom stereocenters. The van der Waals surface area contributed by atoms with Crippen LogP contribution in [-0.2, 0) is 4.74 Å². The molecule has 0 bridgehead atoms. The van der Waals surface area contributed by atoms with E-state index in [1.165, 1.54) is 11.3 Å². The fourth-order valence-corrected chi connectivity index (χ4v) is 3.16. The van der Waals surface area contributed by atoms with Crippen molar-refractivity contribution in [1.29, 1.82) is 0 Å². The van der Waals surface area contributed by atoms with Crippen molar-refractivity contribution in [3.8, 4) is 16.3 Å². The lowest BCUT2D eigenvalue weighted by atomic mass is 10.2. The molecule has 0 saturated heterocycles. The summed E-state index contributed by atoms with van der Waals surface area (Å²) in [4.78, 5) is 24.8. The maximum atomic E-state index is 12.6. The Morgan fingerprint density at radius 3 is 2.67 bits per heavy atom. The van der Waals surface area contributed by atoms with E-state index in [9.17, 15) is 9.59 Å². The predicted octanol–water partition coefficient (Wildman–Crippen LogP) is 3.08. The van der Waals surface area contributed by atoms with Gasteiger partial charge in [0.25, 0.3) is 0 Å². The highest BCUT2D eigenvalue weighted by atomic mass is 32.1. The van der Waals surface area contributed by atoms with Gasteiger partial charge in [-0.25, -0.2) is 14.3 Å². The summed E-state index contributed by atoms with van der Waals surface area (Å²) in [6.45, 7) is 2.68. The summed E-state index contributed by atoms with van der Waals surface area (Å²) in [6.07, 6.45) is 1.67. The highest BCUT2D eigenvalue weighted by molar-refractivity contribution is 7.13. The van der Waals surface area contributed by atoms with Gasteiger partial charge in [0.15, 0.2) is 0 Å². The summed E-state index contributed by atoms with van der Waals surface area (Å²) in [5.74, 6) is -0.474. The first-order valence-electron chi connectivity index (χ1n) is 8.57. The van der Waals surface area contributed by atoms with Crippen LogP contribution in [0.15, 0.2) is 54.0 Å². The van der Waals surface area contributed by atoms with Crippen LogP contribution in [-0.4, -0.2) is 41.5 Å². The number of urea groups is 1. The van der Waals surface area contributed by atoms with E-state index in [-0.39, 0.29) is 19.2 Å². The molecule has 0 fully saturated rings. The Morgan fingerprint density at radius 1 is 1.15 bits per heavy atom. The maximum absolute atomic E-state index is 12.6. The van der Waals surface area contributed by atoms with Crippen LogP contribution in [0.5, 0.6) is 0 Å². The Balaban J connectivity index is 1.74. The SMILES string of the molecule is CCNC(=O)NCCOC(=O)c1cn(-c2ccccc2)nc1-c1cccs1. The number of nitrogens with zero attached hydrogens (tertiary/aromatic N) is 2. The fourth-order valence-electron chi connectivity index (χ4n) is 2.44. The number of thiophene rings is 1. The largest absolute Gasteiger partial charge is 0.460 e. The third-order valence-electron chi connectivity index (χ3n) is 3.67. The van der Waals surface area contributed by atoms with Gasteiger partial charge >= 0.3 is 12.0 Å². The van der Waals surface area contributed by atoms with Gasteiger partial charge in [-0.3, -0.25) is 0 Å². The van der Waals surface area contributed by atoms with Crippen molar-refractivity contribution in [2.75, 3.05) is 19.7 Å². The van der Waals surface area contributed by atoms with Crippen molar-refractivity contribution in [3.05, 3.63) is 59.6 Å². The highest BCUT2D eigenvalue weighted by Crippen LogP contribution is 2.28. The second kappa shape index (κ2) is 9.00. The van der Waals surface area contributed by atoms with Crippen molar-refractivity contribution in [2.45, 2.75) is 6.92 Å². The maximum Gasteiger partial charge on any atom is 0.342 e. The Labute approximate surface area is 161 Å². The molecule has 3 aromatic rings. The number of rotatable bonds is 7. The van der Waals surface area contributed by atoms with Crippen LogP contribution in [0.4, 0.5) is 4.79 Å². The molecule has 140 valence electrons. The molecule has 2 aromatic heterocycles. The Hall–Kier alpha value is -3.13. The number of hydrogen-bond acceptors (Lipinski definition) is 5. The summed E-state index contributed by atoms with van der Waals surface area (Å²) >= 11 is 1.50. The molecule has 0 radical (unpaired) electrons. The Morgan fingerprint density at radius 2 is 1.96 bits per heavy atom. The topological polar surface area (TPSA) is 85.3 Å². The first-order chi connectivity index (χ1) is 13.2. The molecular formula is C19H20N4O3S. The zero-order chi connectivity index (χ0) is 19.1. The van der Waals surface area contributed by atoms with Crippen LogP contribution in [0.2, 0.25) is 0 Å². The number of hydrogen-bond donors (Lipinski definition) is 2. The molecule has 0 aliphatic heterocycles. The van der Waals surface area contributed by atoms with Crippen LogP contribution in [0.1, 0.15) is 17.3 Å². The molecule has 0 saturated carbocycles. The van der Waals surface area contributed by atoms with Crippen molar-refractivity contribution in [1.82, 2.24) is 20.4 Å². The number of benzene rings is 1.